The molecular formula is C18H23N3OS. The Labute approximate surface area is 142 Å². The van der Waals surface area contributed by atoms with Crippen LogP contribution in [0.1, 0.15) is 50.7 Å². The maximum absolute atomic E-state index is 12.3. The van der Waals surface area contributed by atoms with Gasteiger partial charge in [-0.25, -0.2) is 9.97 Å². The van der Waals surface area contributed by atoms with Crippen LogP contribution >= 0.6 is 11.8 Å². The lowest BCUT2D eigenvalue weighted by molar-refractivity contribution is -0.113. The van der Waals surface area contributed by atoms with E-state index in [4.69, 9.17) is 0 Å². The summed E-state index contributed by atoms with van der Waals surface area (Å²) in [6.07, 6.45) is 3.36. The summed E-state index contributed by atoms with van der Waals surface area (Å²) in [6.45, 7) is 8.56. The Morgan fingerprint density at radius 2 is 1.61 bits per heavy atom. The fourth-order valence-electron chi connectivity index (χ4n) is 2.36. The standard InChI is InChI=1S/C18H23N3OS/c1-12(2)14-7-5-8-15(13(3)4)17(14)21-16(22)11-23-18-19-9-6-10-20-18/h5-10,12-13H,11H2,1-4H3,(H,21,22). The molecule has 1 heterocycles. The van der Waals surface area contributed by atoms with Gasteiger partial charge in [0.25, 0.3) is 0 Å². The van der Waals surface area contributed by atoms with Gasteiger partial charge in [0.1, 0.15) is 0 Å². The van der Waals surface area contributed by atoms with E-state index < -0.39 is 0 Å². The van der Waals surface area contributed by atoms with Crippen molar-refractivity contribution in [3.05, 3.63) is 47.8 Å². The van der Waals surface area contributed by atoms with E-state index in [2.05, 4.69) is 61.2 Å². The Hall–Kier alpha value is -1.88. The number of nitrogens with one attached hydrogen (secondary N) is 1. The number of aromatic nitrogens is 2. The first-order valence-electron chi connectivity index (χ1n) is 7.81. The largest absolute Gasteiger partial charge is 0.325 e. The van der Waals surface area contributed by atoms with Crippen molar-refractivity contribution in [2.24, 2.45) is 0 Å². The van der Waals surface area contributed by atoms with E-state index >= 15 is 0 Å². The molecule has 0 unspecified atom stereocenters. The molecule has 122 valence electrons. The number of rotatable bonds is 6. The topological polar surface area (TPSA) is 54.9 Å². The van der Waals surface area contributed by atoms with Crippen molar-refractivity contribution >= 4 is 23.4 Å². The second kappa shape index (κ2) is 8.11. The minimum absolute atomic E-state index is 0.0301. The highest BCUT2D eigenvalue weighted by Gasteiger charge is 2.16. The lowest BCUT2D eigenvalue weighted by atomic mass is 9.92. The molecule has 2 aromatic rings. The Morgan fingerprint density at radius 3 is 2.13 bits per heavy atom. The number of para-hydroxylation sites is 1. The summed E-state index contributed by atoms with van der Waals surface area (Å²) >= 11 is 1.34. The number of nitrogens with zero attached hydrogens (tertiary/aromatic N) is 2. The van der Waals surface area contributed by atoms with Crippen LogP contribution in [-0.4, -0.2) is 21.6 Å². The van der Waals surface area contributed by atoms with Crippen LogP contribution in [0, 0.1) is 0 Å². The lowest BCUT2D eigenvalue weighted by Gasteiger charge is -2.20. The highest BCUT2D eigenvalue weighted by atomic mass is 32.2. The van der Waals surface area contributed by atoms with Gasteiger partial charge in [0.2, 0.25) is 5.91 Å². The molecule has 0 aliphatic heterocycles. The van der Waals surface area contributed by atoms with Crippen molar-refractivity contribution in [2.45, 2.75) is 44.7 Å². The zero-order chi connectivity index (χ0) is 16.8. The zero-order valence-electron chi connectivity index (χ0n) is 14.0. The van der Waals surface area contributed by atoms with Crippen LogP contribution in [0.4, 0.5) is 5.69 Å². The van der Waals surface area contributed by atoms with Gasteiger partial charge in [0.15, 0.2) is 5.16 Å². The van der Waals surface area contributed by atoms with Crippen molar-refractivity contribution in [3.63, 3.8) is 0 Å². The van der Waals surface area contributed by atoms with Gasteiger partial charge < -0.3 is 5.32 Å². The Bertz CT molecular complexity index is 630. The minimum Gasteiger partial charge on any atom is -0.325 e. The van der Waals surface area contributed by atoms with Gasteiger partial charge in [0.05, 0.1) is 5.75 Å². The van der Waals surface area contributed by atoms with Crippen LogP contribution in [0.25, 0.3) is 0 Å². The minimum atomic E-state index is -0.0301. The fraction of sp³-hybridized carbons (Fsp3) is 0.389. The van der Waals surface area contributed by atoms with Gasteiger partial charge in [-0.15, -0.1) is 0 Å². The SMILES string of the molecule is CC(C)c1cccc(C(C)C)c1NC(=O)CSc1ncccn1. The average Bonchev–Trinajstić information content (AvgIpc) is 2.53. The van der Waals surface area contributed by atoms with E-state index in [1.165, 1.54) is 22.9 Å². The number of carbonyl (C=O) groups excluding carboxylic acids is 1. The molecule has 4 nitrogen and oxygen atoms in total. The summed E-state index contributed by atoms with van der Waals surface area (Å²) in [5, 5.41) is 3.71. The number of benzene rings is 1. The van der Waals surface area contributed by atoms with Crippen LogP contribution in [0.2, 0.25) is 0 Å². The molecule has 23 heavy (non-hydrogen) atoms. The number of amides is 1. The number of hydrogen-bond acceptors (Lipinski definition) is 4. The van der Waals surface area contributed by atoms with Crippen LogP contribution in [-0.2, 0) is 4.79 Å². The average molecular weight is 329 g/mol. The third kappa shape index (κ3) is 4.79. The lowest BCUT2D eigenvalue weighted by Crippen LogP contribution is -2.17. The van der Waals surface area contributed by atoms with E-state index in [9.17, 15) is 4.79 Å². The monoisotopic (exact) mass is 329 g/mol. The summed E-state index contributed by atoms with van der Waals surface area (Å²) in [7, 11) is 0. The van der Waals surface area contributed by atoms with E-state index in [1.807, 2.05) is 0 Å². The fourth-order valence-corrected chi connectivity index (χ4v) is 2.96. The van der Waals surface area contributed by atoms with E-state index in [0.717, 1.165) is 5.69 Å². The second-order valence-electron chi connectivity index (χ2n) is 5.99. The van der Waals surface area contributed by atoms with Gasteiger partial charge in [0, 0.05) is 18.1 Å². The molecule has 0 radical (unpaired) electrons. The number of carbonyl (C=O) groups is 1. The van der Waals surface area contributed by atoms with Crippen molar-refractivity contribution in [1.82, 2.24) is 9.97 Å². The van der Waals surface area contributed by atoms with Gasteiger partial charge in [-0.2, -0.15) is 0 Å². The Kier molecular flexibility index (Phi) is 6.16. The van der Waals surface area contributed by atoms with Crippen LogP contribution < -0.4 is 5.32 Å². The first-order chi connectivity index (χ1) is 11.0. The van der Waals surface area contributed by atoms with Crippen molar-refractivity contribution in [2.75, 3.05) is 11.1 Å². The normalized spacial score (nSPS) is 11.0. The molecule has 1 N–H and O–H groups in total. The van der Waals surface area contributed by atoms with Gasteiger partial charge >= 0.3 is 0 Å². The van der Waals surface area contributed by atoms with Crippen LogP contribution in [0.5, 0.6) is 0 Å². The summed E-state index contributed by atoms with van der Waals surface area (Å²) in [4.78, 5) is 20.6. The maximum Gasteiger partial charge on any atom is 0.234 e. The van der Waals surface area contributed by atoms with E-state index in [-0.39, 0.29) is 5.91 Å². The molecule has 0 saturated carbocycles. The molecule has 0 aliphatic carbocycles. The number of thioether (sulfide) groups is 1. The molecule has 2 rings (SSSR count). The predicted octanol–water partition coefficient (Wildman–Crippen LogP) is 4.45. The summed E-state index contributed by atoms with van der Waals surface area (Å²) in [5.41, 5.74) is 3.30. The Morgan fingerprint density at radius 1 is 1.04 bits per heavy atom. The third-order valence-electron chi connectivity index (χ3n) is 3.51. The molecular weight excluding hydrogens is 306 g/mol. The predicted molar refractivity (Wildman–Crippen MR) is 96.0 cm³/mol. The molecule has 0 bridgehead atoms. The van der Waals surface area contributed by atoms with E-state index in [1.54, 1.807) is 18.5 Å². The second-order valence-corrected chi connectivity index (χ2v) is 6.93. The maximum atomic E-state index is 12.3. The molecule has 5 heteroatoms. The molecule has 0 aliphatic rings. The molecule has 0 fully saturated rings. The number of anilines is 1. The zero-order valence-corrected chi connectivity index (χ0v) is 14.9. The molecule has 1 aromatic heterocycles. The third-order valence-corrected chi connectivity index (χ3v) is 4.39. The molecule has 0 saturated heterocycles. The highest BCUT2D eigenvalue weighted by Crippen LogP contribution is 2.32. The summed E-state index contributed by atoms with van der Waals surface area (Å²) in [5.74, 6) is 0.981. The first-order valence-corrected chi connectivity index (χ1v) is 8.80. The van der Waals surface area contributed by atoms with Crippen LogP contribution in [0.15, 0.2) is 41.8 Å². The van der Waals surface area contributed by atoms with Crippen molar-refractivity contribution in [3.8, 4) is 0 Å². The molecule has 0 atom stereocenters. The summed E-state index contributed by atoms with van der Waals surface area (Å²) in [6, 6.07) is 7.99. The highest BCUT2D eigenvalue weighted by molar-refractivity contribution is 7.99. The van der Waals surface area contributed by atoms with Crippen molar-refractivity contribution < 1.29 is 4.79 Å². The van der Waals surface area contributed by atoms with Crippen molar-refractivity contribution in [1.29, 1.82) is 0 Å². The Balaban J connectivity index is 2.13. The summed E-state index contributed by atoms with van der Waals surface area (Å²) < 4.78 is 0. The van der Waals surface area contributed by atoms with Gasteiger partial charge in [-0.1, -0.05) is 57.7 Å². The quantitative estimate of drug-likeness (QED) is 0.628. The molecule has 0 spiro atoms. The number of hydrogen-bond donors (Lipinski definition) is 1. The van der Waals surface area contributed by atoms with Gasteiger partial charge in [-0.3, -0.25) is 4.79 Å². The van der Waals surface area contributed by atoms with Gasteiger partial charge in [-0.05, 0) is 29.0 Å². The van der Waals surface area contributed by atoms with Crippen LogP contribution in [0.3, 0.4) is 0 Å². The smallest absolute Gasteiger partial charge is 0.234 e. The molecule has 1 aromatic carbocycles. The first kappa shape index (κ1) is 17.5. The van der Waals surface area contributed by atoms with E-state index in [0.29, 0.717) is 22.7 Å². The molecule has 1 amide bonds.